The Morgan fingerprint density at radius 2 is 2.11 bits per heavy atom. The van der Waals surface area contributed by atoms with Gasteiger partial charge in [-0.3, -0.25) is 0 Å². The topological polar surface area (TPSA) is 37.8 Å². The van der Waals surface area contributed by atoms with Gasteiger partial charge < -0.3 is 5.32 Å². The average Bonchev–Trinajstić information content (AvgIpc) is 3.23. The van der Waals surface area contributed by atoms with Crippen molar-refractivity contribution in [1.29, 1.82) is 0 Å². The van der Waals surface area contributed by atoms with Gasteiger partial charge in [0.1, 0.15) is 5.82 Å². The fourth-order valence-corrected chi connectivity index (χ4v) is 2.31. The van der Waals surface area contributed by atoms with Gasteiger partial charge in [0.15, 0.2) is 0 Å². The van der Waals surface area contributed by atoms with E-state index >= 15 is 0 Å². The zero-order valence-corrected chi connectivity index (χ0v) is 11.3. The minimum Gasteiger partial charge on any atom is -0.307 e. The number of aryl methyl sites for hydroxylation is 1. The minimum absolute atomic E-state index is 0.789. The lowest BCUT2D eigenvalue weighted by molar-refractivity contribution is 0.674. The lowest BCUT2D eigenvalue weighted by atomic mass is 10.1. The first-order chi connectivity index (χ1) is 9.31. The van der Waals surface area contributed by atoms with Gasteiger partial charge in [-0.25, -0.2) is 9.97 Å². The maximum atomic E-state index is 4.39. The lowest BCUT2D eigenvalue weighted by Gasteiger charge is -2.06. The van der Waals surface area contributed by atoms with Gasteiger partial charge in [-0.2, -0.15) is 0 Å². The molecule has 0 atom stereocenters. The van der Waals surface area contributed by atoms with Crippen LogP contribution in [0.15, 0.2) is 36.5 Å². The predicted octanol–water partition coefficient (Wildman–Crippen LogP) is 2.95. The van der Waals surface area contributed by atoms with Gasteiger partial charge in [0.2, 0.25) is 0 Å². The van der Waals surface area contributed by atoms with E-state index in [1.54, 1.807) is 0 Å². The molecule has 3 heteroatoms. The average molecular weight is 253 g/mol. The van der Waals surface area contributed by atoms with Crippen molar-refractivity contribution >= 4 is 0 Å². The van der Waals surface area contributed by atoms with Crippen molar-refractivity contribution < 1.29 is 0 Å². The van der Waals surface area contributed by atoms with Gasteiger partial charge in [-0.05, 0) is 42.9 Å². The maximum Gasteiger partial charge on any atom is 0.125 e. The summed E-state index contributed by atoms with van der Waals surface area (Å²) in [6, 6.07) is 10.9. The Morgan fingerprint density at radius 1 is 1.21 bits per heavy atom. The Balaban J connectivity index is 1.55. The Kier molecular flexibility index (Phi) is 3.56. The van der Waals surface area contributed by atoms with Crippen molar-refractivity contribution in [3.63, 3.8) is 0 Å². The third-order valence-electron chi connectivity index (χ3n) is 3.47. The summed E-state index contributed by atoms with van der Waals surface area (Å²) in [7, 11) is 0. The van der Waals surface area contributed by atoms with Crippen LogP contribution < -0.4 is 5.32 Å². The Morgan fingerprint density at radius 3 is 2.89 bits per heavy atom. The Bertz CT molecular complexity index is 561. The Hall–Kier alpha value is -1.74. The molecule has 1 saturated carbocycles. The van der Waals surface area contributed by atoms with E-state index in [0.29, 0.717) is 0 Å². The van der Waals surface area contributed by atoms with Crippen LogP contribution in [0.4, 0.5) is 0 Å². The summed E-state index contributed by atoms with van der Waals surface area (Å²) < 4.78 is 0. The van der Waals surface area contributed by atoms with E-state index in [-0.39, 0.29) is 0 Å². The molecule has 0 saturated heterocycles. The molecule has 3 nitrogen and oxygen atoms in total. The number of benzene rings is 1. The SMILES string of the molecule is Cc1nccc(CNCc2cccc(C3CC3)c2)n1. The third-order valence-corrected chi connectivity index (χ3v) is 3.47. The molecule has 98 valence electrons. The van der Waals surface area contributed by atoms with Crippen LogP contribution >= 0.6 is 0 Å². The predicted molar refractivity (Wildman–Crippen MR) is 75.7 cm³/mol. The van der Waals surface area contributed by atoms with Gasteiger partial charge in [0.25, 0.3) is 0 Å². The molecular weight excluding hydrogens is 234 g/mol. The fraction of sp³-hybridized carbons (Fsp3) is 0.375. The number of hydrogen-bond donors (Lipinski definition) is 1. The molecule has 0 bridgehead atoms. The van der Waals surface area contributed by atoms with Crippen molar-refractivity contribution in [2.75, 3.05) is 0 Å². The first kappa shape index (κ1) is 12.3. The lowest BCUT2D eigenvalue weighted by Crippen LogP contribution is -2.14. The smallest absolute Gasteiger partial charge is 0.125 e. The van der Waals surface area contributed by atoms with E-state index < -0.39 is 0 Å². The minimum atomic E-state index is 0.789. The quantitative estimate of drug-likeness (QED) is 0.890. The molecule has 1 aliphatic carbocycles. The molecule has 0 aliphatic heterocycles. The highest BCUT2D eigenvalue weighted by atomic mass is 14.9. The molecule has 1 aromatic carbocycles. The number of hydrogen-bond acceptors (Lipinski definition) is 3. The van der Waals surface area contributed by atoms with Crippen LogP contribution in [0, 0.1) is 6.92 Å². The zero-order chi connectivity index (χ0) is 13.1. The molecule has 2 aromatic rings. The molecule has 19 heavy (non-hydrogen) atoms. The van der Waals surface area contributed by atoms with Gasteiger partial charge in [0, 0.05) is 19.3 Å². The summed E-state index contributed by atoms with van der Waals surface area (Å²) in [5.74, 6) is 1.65. The summed E-state index contributed by atoms with van der Waals surface area (Å²) in [4.78, 5) is 8.49. The Labute approximate surface area is 114 Å². The first-order valence-corrected chi connectivity index (χ1v) is 6.89. The first-order valence-electron chi connectivity index (χ1n) is 6.89. The highest BCUT2D eigenvalue weighted by molar-refractivity contribution is 5.29. The summed E-state index contributed by atoms with van der Waals surface area (Å²) in [5.41, 5.74) is 3.90. The summed E-state index contributed by atoms with van der Waals surface area (Å²) in [6.07, 6.45) is 4.53. The van der Waals surface area contributed by atoms with Crippen LogP contribution in [0.25, 0.3) is 0 Å². The van der Waals surface area contributed by atoms with E-state index in [9.17, 15) is 0 Å². The molecule has 0 radical (unpaired) electrons. The van der Waals surface area contributed by atoms with Crippen molar-refractivity contribution in [1.82, 2.24) is 15.3 Å². The molecule has 0 spiro atoms. The summed E-state index contributed by atoms with van der Waals surface area (Å²) in [6.45, 7) is 3.60. The van der Waals surface area contributed by atoms with Crippen molar-refractivity contribution in [2.24, 2.45) is 0 Å². The van der Waals surface area contributed by atoms with E-state index in [1.807, 2.05) is 19.2 Å². The van der Waals surface area contributed by atoms with Crippen LogP contribution in [0.2, 0.25) is 0 Å². The fourth-order valence-electron chi connectivity index (χ4n) is 2.31. The van der Waals surface area contributed by atoms with Gasteiger partial charge in [-0.1, -0.05) is 24.3 Å². The van der Waals surface area contributed by atoms with Crippen LogP contribution in [0.1, 0.15) is 41.4 Å². The molecule has 1 aromatic heterocycles. The van der Waals surface area contributed by atoms with Crippen molar-refractivity contribution in [3.05, 3.63) is 59.2 Å². The van der Waals surface area contributed by atoms with Gasteiger partial charge in [0.05, 0.1) is 5.69 Å². The monoisotopic (exact) mass is 253 g/mol. The molecular formula is C16H19N3. The zero-order valence-electron chi connectivity index (χ0n) is 11.3. The number of nitrogens with one attached hydrogen (secondary N) is 1. The number of rotatable bonds is 5. The molecule has 0 unspecified atom stereocenters. The number of nitrogens with zero attached hydrogens (tertiary/aromatic N) is 2. The summed E-state index contributed by atoms with van der Waals surface area (Å²) in [5, 5.41) is 3.44. The summed E-state index contributed by atoms with van der Waals surface area (Å²) >= 11 is 0. The normalized spacial score (nSPS) is 14.6. The van der Waals surface area contributed by atoms with Gasteiger partial charge in [-0.15, -0.1) is 0 Å². The second-order valence-corrected chi connectivity index (χ2v) is 5.22. The molecule has 1 aliphatic rings. The standard InChI is InChI=1S/C16H19N3/c1-12-18-8-7-16(19-12)11-17-10-13-3-2-4-15(9-13)14-5-6-14/h2-4,7-9,14,17H,5-6,10-11H2,1H3. The largest absolute Gasteiger partial charge is 0.307 e. The van der Waals surface area contributed by atoms with Crippen LogP contribution in [0.3, 0.4) is 0 Å². The second kappa shape index (κ2) is 5.49. The van der Waals surface area contributed by atoms with E-state index in [0.717, 1.165) is 30.5 Å². The molecule has 0 amide bonds. The van der Waals surface area contributed by atoms with Gasteiger partial charge >= 0.3 is 0 Å². The van der Waals surface area contributed by atoms with E-state index in [4.69, 9.17) is 0 Å². The third kappa shape index (κ3) is 3.38. The molecule has 1 heterocycles. The highest BCUT2D eigenvalue weighted by Crippen LogP contribution is 2.40. The highest BCUT2D eigenvalue weighted by Gasteiger charge is 2.23. The van der Waals surface area contributed by atoms with E-state index in [2.05, 4.69) is 39.6 Å². The molecule has 1 N–H and O–H groups in total. The van der Waals surface area contributed by atoms with Crippen LogP contribution in [0.5, 0.6) is 0 Å². The second-order valence-electron chi connectivity index (χ2n) is 5.22. The molecule has 1 fully saturated rings. The van der Waals surface area contributed by atoms with Crippen molar-refractivity contribution in [3.8, 4) is 0 Å². The molecule has 3 rings (SSSR count). The van der Waals surface area contributed by atoms with E-state index in [1.165, 1.54) is 24.0 Å². The number of aromatic nitrogens is 2. The maximum absolute atomic E-state index is 4.39. The van der Waals surface area contributed by atoms with Crippen molar-refractivity contribution in [2.45, 2.75) is 38.8 Å². The van der Waals surface area contributed by atoms with Crippen LogP contribution in [-0.4, -0.2) is 9.97 Å². The van der Waals surface area contributed by atoms with Crippen LogP contribution in [-0.2, 0) is 13.1 Å².